The van der Waals surface area contributed by atoms with Crippen molar-refractivity contribution in [1.29, 1.82) is 0 Å². The van der Waals surface area contributed by atoms with Gasteiger partial charge in [0.2, 0.25) is 0 Å². The molecule has 74 valence electrons. The van der Waals surface area contributed by atoms with Gasteiger partial charge in [0, 0.05) is 12.4 Å². The van der Waals surface area contributed by atoms with E-state index in [1.165, 1.54) is 0 Å². The van der Waals surface area contributed by atoms with Crippen LogP contribution in [0.3, 0.4) is 0 Å². The van der Waals surface area contributed by atoms with Gasteiger partial charge in [-0.15, -0.1) is 0 Å². The molecule has 0 amide bonds. The number of carboxylic acid groups (broad SMARTS) is 1. The maximum Gasteiger partial charge on any atom is 0.314 e. The van der Waals surface area contributed by atoms with Gasteiger partial charge in [0.15, 0.2) is 0 Å². The van der Waals surface area contributed by atoms with Crippen LogP contribution in [0, 0.1) is 5.92 Å². The Labute approximate surface area is 82.8 Å². The van der Waals surface area contributed by atoms with Crippen molar-refractivity contribution < 1.29 is 9.90 Å². The van der Waals surface area contributed by atoms with E-state index in [0.717, 1.165) is 18.4 Å². The molecule has 1 aromatic rings. The van der Waals surface area contributed by atoms with Crippen molar-refractivity contribution >= 4 is 5.97 Å². The van der Waals surface area contributed by atoms with Crippen molar-refractivity contribution in [2.75, 3.05) is 0 Å². The first kappa shape index (κ1) is 9.19. The molecule has 2 rings (SSSR count). The van der Waals surface area contributed by atoms with E-state index >= 15 is 0 Å². The lowest BCUT2D eigenvalue weighted by Crippen LogP contribution is -2.46. The van der Waals surface area contributed by atoms with Crippen LogP contribution < -0.4 is 0 Å². The van der Waals surface area contributed by atoms with Crippen LogP contribution in [0.2, 0.25) is 0 Å². The Hall–Kier alpha value is -1.38. The predicted octanol–water partition coefficient (Wildman–Crippen LogP) is 1.83. The average Bonchev–Trinajstić information content (AvgIpc) is 2.13. The summed E-state index contributed by atoms with van der Waals surface area (Å²) >= 11 is 0. The normalized spacial score (nSPS) is 30.8. The molecule has 0 atom stereocenters. The van der Waals surface area contributed by atoms with Gasteiger partial charge < -0.3 is 5.11 Å². The second-order valence-electron chi connectivity index (χ2n) is 4.14. The molecule has 1 N–H and O–H groups in total. The lowest BCUT2D eigenvalue weighted by atomic mass is 9.59. The Kier molecular flexibility index (Phi) is 2.02. The quantitative estimate of drug-likeness (QED) is 0.775. The summed E-state index contributed by atoms with van der Waals surface area (Å²) in [6, 6.07) is 3.61. The Bertz CT molecular complexity index is 342. The number of hydrogen-bond donors (Lipinski definition) is 1. The van der Waals surface area contributed by atoms with Gasteiger partial charge in [-0.05, 0) is 36.5 Å². The van der Waals surface area contributed by atoms with Gasteiger partial charge in [0.05, 0.1) is 5.41 Å². The molecule has 1 aromatic heterocycles. The molecule has 1 fully saturated rings. The van der Waals surface area contributed by atoms with E-state index in [-0.39, 0.29) is 0 Å². The molecule has 1 aliphatic carbocycles. The van der Waals surface area contributed by atoms with Crippen molar-refractivity contribution in [2.45, 2.75) is 25.2 Å². The summed E-state index contributed by atoms with van der Waals surface area (Å²) in [4.78, 5) is 15.1. The Morgan fingerprint density at radius 1 is 1.50 bits per heavy atom. The van der Waals surface area contributed by atoms with Crippen molar-refractivity contribution in [1.82, 2.24) is 4.98 Å². The molecule has 3 nitrogen and oxygen atoms in total. The second kappa shape index (κ2) is 3.08. The average molecular weight is 191 g/mol. The van der Waals surface area contributed by atoms with Crippen LogP contribution in [-0.2, 0) is 10.2 Å². The Morgan fingerprint density at radius 3 is 2.50 bits per heavy atom. The van der Waals surface area contributed by atoms with Crippen LogP contribution in [-0.4, -0.2) is 16.1 Å². The minimum Gasteiger partial charge on any atom is -0.481 e. The monoisotopic (exact) mass is 191 g/mol. The highest BCUT2D eigenvalue weighted by molar-refractivity contribution is 5.82. The molecule has 0 aliphatic heterocycles. The van der Waals surface area contributed by atoms with Crippen LogP contribution in [0.5, 0.6) is 0 Å². The molecule has 0 bridgehead atoms. The summed E-state index contributed by atoms with van der Waals surface area (Å²) in [7, 11) is 0. The number of rotatable bonds is 2. The Balaban J connectivity index is 2.34. The summed E-state index contributed by atoms with van der Waals surface area (Å²) in [5, 5.41) is 9.23. The molecular formula is C11H13NO2. The molecule has 0 spiro atoms. The fourth-order valence-electron chi connectivity index (χ4n) is 2.33. The first-order chi connectivity index (χ1) is 6.65. The zero-order chi connectivity index (χ0) is 10.2. The lowest BCUT2D eigenvalue weighted by Gasteiger charge is -2.43. The zero-order valence-electron chi connectivity index (χ0n) is 8.10. The van der Waals surface area contributed by atoms with Gasteiger partial charge in [-0.1, -0.05) is 6.92 Å². The highest BCUT2D eigenvalue weighted by Crippen LogP contribution is 2.47. The zero-order valence-corrected chi connectivity index (χ0v) is 8.10. The Morgan fingerprint density at radius 2 is 2.07 bits per heavy atom. The first-order valence-corrected chi connectivity index (χ1v) is 4.79. The van der Waals surface area contributed by atoms with E-state index in [1.54, 1.807) is 24.5 Å². The van der Waals surface area contributed by atoms with Crippen molar-refractivity contribution in [3.8, 4) is 0 Å². The van der Waals surface area contributed by atoms with E-state index in [1.807, 2.05) is 0 Å². The number of aromatic nitrogens is 1. The maximum absolute atomic E-state index is 11.2. The first-order valence-electron chi connectivity index (χ1n) is 4.79. The molecule has 0 saturated heterocycles. The van der Waals surface area contributed by atoms with Crippen LogP contribution in [0.25, 0.3) is 0 Å². The topological polar surface area (TPSA) is 50.2 Å². The summed E-state index contributed by atoms with van der Waals surface area (Å²) in [6.45, 7) is 2.09. The third-order valence-corrected chi connectivity index (χ3v) is 3.04. The van der Waals surface area contributed by atoms with Crippen LogP contribution in [0.15, 0.2) is 24.5 Å². The number of pyridine rings is 1. The smallest absolute Gasteiger partial charge is 0.314 e. The fourth-order valence-corrected chi connectivity index (χ4v) is 2.33. The van der Waals surface area contributed by atoms with Crippen LogP contribution in [0.1, 0.15) is 25.3 Å². The minimum absolute atomic E-state index is 0.513. The number of carboxylic acids is 1. The van der Waals surface area contributed by atoms with E-state index in [9.17, 15) is 9.90 Å². The van der Waals surface area contributed by atoms with Crippen LogP contribution in [0.4, 0.5) is 0 Å². The van der Waals surface area contributed by atoms with E-state index in [2.05, 4.69) is 11.9 Å². The molecular weight excluding hydrogens is 178 g/mol. The third kappa shape index (κ3) is 1.20. The number of hydrogen-bond acceptors (Lipinski definition) is 2. The summed E-state index contributed by atoms with van der Waals surface area (Å²) in [5.41, 5.74) is 0.251. The maximum atomic E-state index is 11.2. The number of carbonyl (C=O) groups is 1. The van der Waals surface area contributed by atoms with Gasteiger partial charge in [0.25, 0.3) is 0 Å². The van der Waals surface area contributed by atoms with Crippen molar-refractivity contribution in [3.63, 3.8) is 0 Å². The van der Waals surface area contributed by atoms with Gasteiger partial charge in [-0.3, -0.25) is 9.78 Å². The molecule has 0 radical (unpaired) electrons. The molecule has 14 heavy (non-hydrogen) atoms. The van der Waals surface area contributed by atoms with Gasteiger partial charge in [-0.25, -0.2) is 0 Å². The molecule has 0 unspecified atom stereocenters. The molecule has 1 aliphatic rings. The highest BCUT2D eigenvalue weighted by atomic mass is 16.4. The summed E-state index contributed by atoms with van der Waals surface area (Å²) in [5.74, 6) is -0.193. The highest BCUT2D eigenvalue weighted by Gasteiger charge is 2.49. The van der Waals surface area contributed by atoms with Gasteiger partial charge >= 0.3 is 5.97 Å². The standard InChI is InChI=1S/C11H13NO2/c1-8-6-11(7-8,10(13)14)9-2-4-12-5-3-9/h2-5,8H,6-7H2,1H3,(H,13,14). The fraction of sp³-hybridized carbons (Fsp3) is 0.455. The molecule has 0 aromatic carbocycles. The van der Waals surface area contributed by atoms with Gasteiger partial charge in [0.1, 0.15) is 0 Å². The predicted molar refractivity (Wildman–Crippen MR) is 51.9 cm³/mol. The molecule has 1 heterocycles. The summed E-state index contributed by atoms with van der Waals surface area (Å²) in [6.07, 6.45) is 4.80. The van der Waals surface area contributed by atoms with Crippen molar-refractivity contribution in [2.24, 2.45) is 5.92 Å². The van der Waals surface area contributed by atoms with Crippen molar-refractivity contribution in [3.05, 3.63) is 30.1 Å². The van der Waals surface area contributed by atoms with E-state index in [0.29, 0.717) is 5.92 Å². The molecule has 3 heteroatoms. The van der Waals surface area contributed by atoms with Crippen LogP contribution >= 0.6 is 0 Å². The second-order valence-corrected chi connectivity index (χ2v) is 4.14. The summed E-state index contributed by atoms with van der Waals surface area (Å²) < 4.78 is 0. The largest absolute Gasteiger partial charge is 0.481 e. The van der Waals surface area contributed by atoms with E-state index in [4.69, 9.17) is 0 Å². The molecule has 1 saturated carbocycles. The SMILES string of the molecule is CC1CC(C(=O)O)(c2ccncc2)C1. The number of aliphatic carboxylic acids is 1. The lowest BCUT2D eigenvalue weighted by molar-refractivity contribution is -0.149. The van der Waals surface area contributed by atoms with E-state index < -0.39 is 11.4 Å². The minimum atomic E-state index is -0.707. The third-order valence-electron chi connectivity index (χ3n) is 3.04. The van der Waals surface area contributed by atoms with Gasteiger partial charge in [-0.2, -0.15) is 0 Å². The number of nitrogens with zero attached hydrogens (tertiary/aromatic N) is 1.